The van der Waals surface area contributed by atoms with Gasteiger partial charge in [0.05, 0.1) is 23.8 Å². The van der Waals surface area contributed by atoms with E-state index in [-0.39, 0.29) is 5.56 Å². The number of rotatable bonds is 6. The number of ether oxygens (including phenoxy) is 1. The minimum absolute atomic E-state index is 0.0101. The van der Waals surface area contributed by atoms with Gasteiger partial charge in [-0.2, -0.15) is 0 Å². The molecule has 3 aromatic rings. The Morgan fingerprint density at radius 1 is 1.12 bits per heavy atom. The van der Waals surface area contributed by atoms with E-state index in [1.54, 1.807) is 10.9 Å². The van der Waals surface area contributed by atoms with Crippen molar-refractivity contribution in [2.75, 3.05) is 6.61 Å². The maximum Gasteiger partial charge on any atom is 0.261 e. The highest BCUT2D eigenvalue weighted by Gasteiger charge is 2.06. The standard InChI is InChI=1S/C20H21ClN2O2/c1-14-11-16(21)12-15(2)19(14)25-10-6-5-9-23-13-22-18-8-4-3-7-17(18)20(23)24/h3-4,7-8,11-13H,5-6,9-10H2,1-2H3. The number of aromatic nitrogens is 2. The summed E-state index contributed by atoms with van der Waals surface area (Å²) in [5, 5.41) is 1.39. The van der Waals surface area contributed by atoms with Gasteiger partial charge in [0.1, 0.15) is 5.75 Å². The number of hydrogen-bond donors (Lipinski definition) is 0. The summed E-state index contributed by atoms with van der Waals surface area (Å²) in [6.07, 6.45) is 3.34. The molecule has 1 aromatic heterocycles. The number of aryl methyl sites for hydroxylation is 3. The van der Waals surface area contributed by atoms with Crippen LogP contribution >= 0.6 is 11.6 Å². The lowest BCUT2D eigenvalue weighted by Crippen LogP contribution is -2.20. The quantitative estimate of drug-likeness (QED) is 0.610. The van der Waals surface area contributed by atoms with Crippen molar-refractivity contribution in [2.45, 2.75) is 33.2 Å². The molecule has 130 valence electrons. The lowest BCUT2D eigenvalue weighted by Gasteiger charge is -2.13. The van der Waals surface area contributed by atoms with E-state index in [9.17, 15) is 4.79 Å². The summed E-state index contributed by atoms with van der Waals surface area (Å²) in [7, 11) is 0. The predicted octanol–water partition coefficient (Wildman–Crippen LogP) is 4.53. The molecule has 25 heavy (non-hydrogen) atoms. The Labute approximate surface area is 152 Å². The van der Waals surface area contributed by atoms with Gasteiger partial charge in [-0.3, -0.25) is 9.36 Å². The molecule has 0 N–H and O–H groups in total. The number of benzene rings is 2. The molecule has 0 radical (unpaired) electrons. The summed E-state index contributed by atoms with van der Waals surface area (Å²) < 4.78 is 7.57. The lowest BCUT2D eigenvalue weighted by molar-refractivity contribution is 0.299. The Hall–Kier alpha value is -2.33. The second kappa shape index (κ2) is 7.70. The lowest BCUT2D eigenvalue weighted by atomic mass is 10.1. The average molecular weight is 357 g/mol. The number of hydrogen-bond acceptors (Lipinski definition) is 3. The monoisotopic (exact) mass is 356 g/mol. The van der Waals surface area contributed by atoms with Gasteiger partial charge in [-0.1, -0.05) is 23.7 Å². The largest absolute Gasteiger partial charge is 0.493 e. The number of fused-ring (bicyclic) bond motifs is 1. The van der Waals surface area contributed by atoms with Crippen LogP contribution in [0.4, 0.5) is 0 Å². The van der Waals surface area contributed by atoms with Crippen molar-refractivity contribution in [3.05, 3.63) is 69.2 Å². The van der Waals surface area contributed by atoms with Crippen LogP contribution in [0.25, 0.3) is 10.9 Å². The summed E-state index contributed by atoms with van der Waals surface area (Å²) in [4.78, 5) is 16.8. The zero-order valence-electron chi connectivity index (χ0n) is 14.5. The van der Waals surface area contributed by atoms with Crippen LogP contribution in [0.15, 0.2) is 47.5 Å². The number of nitrogens with zero attached hydrogens (tertiary/aromatic N) is 2. The fourth-order valence-electron chi connectivity index (χ4n) is 2.95. The first kappa shape index (κ1) is 17.5. The highest BCUT2D eigenvalue weighted by atomic mass is 35.5. The van der Waals surface area contributed by atoms with Gasteiger partial charge in [-0.05, 0) is 62.1 Å². The Morgan fingerprint density at radius 3 is 2.60 bits per heavy atom. The SMILES string of the molecule is Cc1cc(Cl)cc(C)c1OCCCCn1cnc2ccccc2c1=O. The fourth-order valence-corrected chi connectivity index (χ4v) is 3.28. The molecule has 1 heterocycles. The van der Waals surface area contributed by atoms with Crippen LogP contribution in [-0.4, -0.2) is 16.2 Å². The van der Waals surface area contributed by atoms with Crippen LogP contribution < -0.4 is 10.3 Å². The topological polar surface area (TPSA) is 44.1 Å². The normalized spacial score (nSPS) is 11.0. The third-order valence-electron chi connectivity index (χ3n) is 4.20. The second-order valence-corrected chi connectivity index (χ2v) is 6.62. The zero-order valence-corrected chi connectivity index (χ0v) is 15.2. The fraction of sp³-hybridized carbons (Fsp3) is 0.300. The Bertz CT molecular complexity index is 927. The molecule has 0 bridgehead atoms. The Balaban J connectivity index is 1.56. The molecule has 0 aliphatic carbocycles. The van der Waals surface area contributed by atoms with Crippen LogP contribution in [0, 0.1) is 13.8 Å². The number of unbranched alkanes of at least 4 members (excludes halogenated alkanes) is 1. The minimum atomic E-state index is 0.0101. The summed E-state index contributed by atoms with van der Waals surface area (Å²) in [5.41, 5.74) is 2.83. The van der Waals surface area contributed by atoms with E-state index < -0.39 is 0 Å². The van der Waals surface area contributed by atoms with Crippen molar-refractivity contribution in [3.8, 4) is 5.75 Å². The molecule has 0 fully saturated rings. The minimum Gasteiger partial charge on any atom is -0.493 e. The maximum absolute atomic E-state index is 12.4. The van der Waals surface area contributed by atoms with Crippen LogP contribution in [-0.2, 0) is 6.54 Å². The molecular formula is C20H21ClN2O2. The van der Waals surface area contributed by atoms with Gasteiger partial charge < -0.3 is 4.74 Å². The highest BCUT2D eigenvalue weighted by Crippen LogP contribution is 2.27. The molecule has 5 heteroatoms. The molecule has 0 aliphatic heterocycles. The molecular weight excluding hydrogens is 336 g/mol. The molecule has 0 atom stereocenters. The predicted molar refractivity (Wildman–Crippen MR) is 102 cm³/mol. The van der Waals surface area contributed by atoms with E-state index in [1.165, 1.54) is 0 Å². The van der Waals surface area contributed by atoms with Crippen molar-refractivity contribution in [2.24, 2.45) is 0 Å². The van der Waals surface area contributed by atoms with Crippen LogP contribution in [0.5, 0.6) is 5.75 Å². The van der Waals surface area contributed by atoms with Gasteiger partial charge in [0.25, 0.3) is 5.56 Å². The summed E-state index contributed by atoms with van der Waals surface area (Å²) >= 11 is 6.04. The van der Waals surface area contributed by atoms with E-state index in [0.29, 0.717) is 18.5 Å². The van der Waals surface area contributed by atoms with Crippen LogP contribution in [0.1, 0.15) is 24.0 Å². The van der Waals surface area contributed by atoms with E-state index in [1.807, 2.05) is 50.2 Å². The van der Waals surface area contributed by atoms with Crippen molar-refractivity contribution in [3.63, 3.8) is 0 Å². The average Bonchev–Trinajstić information content (AvgIpc) is 2.58. The molecule has 0 saturated carbocycles. The Morgan fingerprint density at radius 2 is 1.84 bits per heavy atom. The third-order valence-corrected chi connectivity index (χ3v) is 4.41. The van der Waals surface area contributed by atoms with Crippen LogP contribution in [0.2, 0.25) is 5.02 Å². The zero-order chi connectivity index (χ0) is 17.8. The van der Waals surface area contributed by atoms with Gasteiger partial charge in [0.2, 0.25) is 0 Å². The summed E-state index contributed by atoms with van der Waals surface area (Å²) in [6.45, 7) is 5.24. The van der Waals surface area contributed by atoms with E-state index in [2.05, 4.69) is 4.98 Å². The second-order valence-electron chi connectivity index (χ2n) is 6.18. The molecule has 0 saturated heterocycles. The Kier molecular flexibility index (Phi) is 5.39. The molecule has 3 rings (SSSR count). The van der Waals surface area contributed by atoms with Crippen molar-refractivity contribution in [1.29, 1.82) is 0 Å². The van der Waals surface area contributed by atoms with Crippen molar-refractivity contribution in [1.82, 2.24) is 9.55 Å². The number of halogens is 1. The highest BCUT2D eigenvalue weighted by molar-refractivity contribution is 6.30. The van der Waals surface area contributed by atoms with E-state index in [4.69, 9.17) is 16.3 Å². The maximum atomic E-state index is 12.4. The van der Waals surface area contributed by atoms with Gasteiger partial charge in [0.15, 0.2) is 0 Å². The van der Waals surface area contributed by atoms with Gasteiger partial charge in [-0.15, -0.1) is 0 Å². The van der Waals surface area contributed by atoms with Crippen molar-refractivity contribution < 1.29 is 4.74 Å². The van der Waals surface area contributed by atoms with Gasteiger partial charge >= 0.3 is 0 Å². The van der Waals surface area contributed by atoms with E-state index in [0.717, 1.165) is 40.3 Å². The van der Waals surface area contributed by atoms with Crippen molar-refractivity contribution >= 4 is 22.5 Å². The first-order valence-electron chi connectivity index (χ1n) is 8.40. The van der Waals surface area contributed by atoms with Crippen LogP contribution in [0.3, 0.4) is 0 Å². The van der Waals surface area contributed by atoms with Gasteiger partial charge in [-0.25, -0.2) is 4.98 Å². The van der Waals surface area contributed by atoms with E-state index >= 15 is 0 Å². The molecule has 0 spiro atoms. The molecule has 2 aromatic carbocycles. The molecule has 4 nitrogen and oxygen atoms in total. The first-order chi connectivity index (χ1) is 12.1. The molecule has 0 aliphatic rings. The third kappa shape index (κ3) is 4.02. The molecule has 0 unspecified atom stereocenters. The smallest absolute Gasteiger partial charge is 0.261 e. The van der Waals surface area contributed by atoms with Gasteiger partial charge in [0, 0.05) is 11.6 Å². The summed E-state index contributed by atoms with van der Waals surface area (Å²) in [6, 6.07) is 11.2. The first-order valence-corrected chi connectivity index (χ1v) is 8.78. The number of para-hydroxylation sites is 1. The molecule has 0 amide bonds. The summed E-state index contributed by atoms with van der Waals surface area (Å²) in [5.74, 6) is 0.897.